The molecule has 1 aliphatic carbocycles. The zero-order valence-electron chi connectivity index (χ0n) is 22.5. The van der Waals surface area contributed by atoms with Gasteiger partial charge in [0.15, 0.2) is 11.5 Å². The maximum absolute atomic E-state index is 12.3. The van der Waals surface area contributed by atoms with Gasteiger partial charge in [0.1, 0.15) is 6.61 Å². The molecule has 6 heteroatoms. The topological polar surface area (TPSA) is 50.8 Å². The Balaban J connectivity index is 0.00000612. The molecule has 0 aromatic heterocycles. The number of hydrogen-bond donors (Lipinski definition) is 1. The van der Waals surface area contributed by atoms with E-state index < -0.39 is 0 Å². The highest BCUT2D eigenvalue weighted by atomic mass is 35.5. The Bertz CT molecular complexity index is 723. The third-order valence-electron chi connectivity index (χ3n) is 6.80. The van der Waals surface area contributed by atoms with E-state index in [0.29, 0.717) is 18.4 Å². The van der Waals surface area contributed by atoms with Crippen LogP contribution in [0.25, 0.3) is 6.08 Å². The number of nitrogens with one attached hydrogen (secondary N) is 1. The molecule has 0 spiro atoms. The maximum Gasteiger partial charge on any atom is 0.244 e. The second-order valence-electron chi connectivity index (χ2n) is 9.81. The monoisotopic (exact) mass is 508 g/mol. The van der Waals surface area contributed by atoms with E-state index in [0.717, 1.165) is 49.7 Å². The van der Waals surface area contributed by atoms with Gasteiger partial charge in [-0.2, -0.15) is 0 Å². The molecular weight excluding hydrogens is 460 g/mol. The highest BCUT2D eigenvalue weighted by Gasteiger charge is 2.18. The Kier molecular flexibility index (Phi) is 16.6. The van der Waals surface area contributed by atoms with Crippen LogP contribution in [0.5, 0.6) is 11.5 Å². The lowest BCUT2D eigenvalue weighted by atomic mass is 9.87. The first-order chi connectivity index (χ1) is 16.5. The highest BCUT2D eigenvalue weighted by Crippen LogP contribution is 2.28. The molecule has 0 saturated heterocycles. The number of unbranched alkanes of at least 4 members (excludes halogenated alkanes) is 4. The number of carbonyl (C=O) groups excluding carboxylic acids is 1. The van der Waals surface area contributed by atoms with E-state index in [1.165, 1.54) is 51.4 Å². The van der Waals surface area contributed by atoms with E-state index in [1.807, 2.05) is 24.3 Å². The van der Waals surface area contributed by atoms with Gasteiger partial charge < -0.3 is 14.8 Å². The Morgan fingerprint density at radius 1 is 1.00 bits per heavy atom. The average molecular weight is 509 g/mol. The van der Waals surface area contributed by atoms with Crippen LogP contribution < -0.4 is 14.8 Å². The van der Waals surface area contributed by atoms with Crippen molar-refractivity contribution in [3.63, 3.8) is 0 Å². The maximum atomic E-state index is 12.3. The molecule has 1 saturated carbocycles. The molecule has 0 aliphatic heterocycles. The van der Waals surface area contributed by atoms with Crippen molar-refractivity contribution in [3.8, 4) is 11.5 Å². The zero-order chi connectivity index (χ0) is 24.6. The lowest BCUT2D eigenvalue weighted by Crippen LogP contribution is -2.36. The number of amides is 1. The predicted octanol–water partition coefficient (Wildman–Crippen LogP) is 6.89. The van der Waals surface area contributed by atoms with Crippen LogP contribution >= 0.6 is 12.4 Å². The molecule has 1 aliphatic rings. The van der Waals surface area contributed by atoms with Crippen molar-refractivity contribution in [1.82, 2.24) is 10.2 Å². The van der Waals surface area contributed by atoms with E-state index in [2.05, 4.69) is 31.0 Å². The Hall–Kier alpha value is -1.72. The van der Waals surface area contributed by atoms with E-state index in [1.54, 1.807) is 13.2 Å². The summed E-state index contributed by atoms with van der Waals surface area (Å²) >= 11 is 0. The smallest absolute Gasteiger partial charge is 0.244 e. The normalized spacial score (nSPS) is 17.9. The van der Waals surface area contributed by atoms with Gasteiger partial charge in [0, 0.05) is 18.7 Å². The minimum Gasteiger partial charge on any atom is -0.493 e. The summed E-state index contributed by atoms with van der Waals surface area (Å²) < 4.78 is 11.7. The fourth-order valence-electron chi connectivity index (χ4n) is 4.52. The van der Waals surface area contributed by atoms with Crippen molar-refractivity contribution >= 4 is 24.4 Å². The van der Waals surface area contributed by atoms with Gasteiger partial charge in [-0.3, -0.25) is 9.69 Å². The molecule has 35 heavy (non-hydrogen) atoms. The van der Waals surface area contributed by atoms with Crippen molar-refractivity contribution < 1.29 is 14.3 Å². The highest BCUT2D eigenvalue weighted by molar-refractivity contribution is 5.92. The van der Waals surface area contributed by atoms with Gasteiger partial charge in [-0.15, -0.1) is 12.4 Å². The largest absolute Gasteiger partial charge is 0.493 e. The number of halogens is 1. The van der Waals surface area contributed by atoms with E-state index in [-0.39, 0.29) is 18.3 Å². The lowest BCUT2D eigenvalue weighted by molar-refractivity contribution is -0.117. The number of rotatable bonds is 16. The fraction of sp³-hybridized carbons (Fsp3) is 0.690. The molecule has 2 rings (SSSR count). The standard InChI is InChI=1S/C29H48N2O3.ClH/c1-5-7-9-19-31(20-10-8-6-2)21-22-34-27-17-13-25(23-28(27)33-4)14-18-29(32)30-26-15-11-24(3)12-16-26;/h13-14,17-18,23-24,26H,5-12,15-16,19-22H2,1-4H3,(H,30,32);1H/b18-14+;/t24-,26-;. The Labute approximate surface area is 220 Å². The molecule has 0 radical (unpaired) electrons. The zero-order valence-corrected chi connectivity index (χ0v) is 23.3. The Morgan fingerprint density at radius 2 is 1.66 bits per heavy atom. The first-order valence-corrected chi connectivity index (χ1v) is 13.6. The van der Waals surface area contributed by atoms with Gasteiger partial charge in [-0.25, -0.2) is 0 Å². The van der Waals surface area contributed by atoms with Gasteiger partial charge in [0.25, 0.3) is 0 Å². The van der Waals surface area contributed by atoms with Crippen LogP contribution in [-0.4, -0.2) is 50.2 Å². The number of methoxy groups -OCH3 is 1. The summed E-state index contributed by atoms with van der Waals surface area (Å²) in [6.45, 7) is 10.6. The van der Waals surface area contributed by atoms with Crippen LogP contribution in [0.15, 0.2) is 24.3 Å². The molecule has 200 valence electrons. The minimum atomic E-state index is -0.0231. The van der Waals surface area contributed by atoms with Crippen LogP contribution in [0.1, 0.15) is 90.5 Å². The van der Waals surface area contributed by atoms with Crippen LogP contribution in [0.4, 0.5) is 0 Å². The lowest BCUT2D eigenvalue weighted by Gasteiger charge is -2.26. The summed E-state index contributed by atoms with van der Waals surface area (Å²) in [4.78, 5) is 14.9. The molecule has 0 bridgehead atoms. The Morgan fingerprint density at radius 3 is 2.26 bits per heavy atom. The molecule has 0 heterocycles. The third-order valence-corrected chi connectivity index (χ3v) is 6.80. The number of benzene rings is 1. The second kappa shape index (κ2) is 18.5. The molecule has 5 nitrogen and oxygen atoms in total. The molecule has 1 aromatic carbocycles. The van der Waals surface area contributed by atoms with Crippen molar-refractivity contribution in [3.05, 3.63) is 29.8 Å². The summed E-state index contributed by atoms with van der Waals surface area (Å²) in [7, 11) is 1.66. The number of nitrogens with zero attached hydrogens (tertiary/aromatic N) is 1. The molecule has 0 atom stereocenters. The van der Waals surface area contributed by atoms with Gasteiger partial charge >= 0.3 is 0 Å². The number of carbonyl (C=O) groups is 1. The van der Waals surface area contributed by atoms with Crippen molar-refractivity contribution in [2.24, 2.45) is 5.92 Å². The van der Waals surface area contributed by atoms with E-state index in [9.17, 15) is 4.79 Å². The van der Waals surface area contributed by atoms with Crippen molar-refractivity contribution in [2.75, 3.05) is 33.4 Å². The summed E-state index contributed by atoms with van der Waals surface area (Å²) in [5, 5.41) is 3.14. The molecule has 0 unspecified atom stereocenters. The van der Waals surface area contributed by atoms with Crippen molar-refractivity contribution in [2.45, 2.75) is 91.0 Å². The molecule has 1 N–H and O–H groups in total. The first kappa shape index (κ1) is 31.3. The van der Waals surface area contributed by atoms with Gasteiger partial charge in [-0.05, 0) is 81.3 Å². The summed E-state index contributed by atoms with van der Waals surface area (Å²) in [5.74, 6) is 2.21. The fourth-order valence-corrected chi connectivity index (χ4v) is 4.52. The number of hydrogen-bond acceptors (Lipinski definition) is 4. The summed E-state index contributed by atoms with van der Waals surface area (Å²) in [6.07, 6.45) is 15.6. The SMILES string of the molecule is CCCCCN(CCCCC)CCOc1ccc(/C=C/C(=O)N[C@H]2CC[C@H](C)CC2)cc1OC.Cl. The summed E-state index contributed by atoms with van der Waals surface area (Å²) in [5.41, 5.74) is 0.928. The third kappa shape index (κ3) is 12.7. The predicted molar refractivity (Wildman–Crippen MR) is 150 cm³/mol. The van der Waals surface area contributed by atoms with E-state index in [4.69, 9.17) is 9.47 Å². The van der Waals surface area contributed by atoms with E-state index >= 15 is 0 Å². The quantitative estimate of drug-likeness (QED) is 0.195. The molecular formula is C29H49ClN2O3. The van der Waals surface area contributed by atoms with Gasteiger partial charge in [0.05, 0.1) is 7.11 Å². The number of ether oxygens (including phenoxy) is 2. The summed E-state index contributed by atoms with van der Waals surface area (Å²) in [6, 6.07) is 6.16. The second-order valence-corrected chi connectivity index (χ2v) is 9.81. The van der Waals surface area contributed by atoms with Gasteiger partial charge in [-0.1, -0.05) is 52.5 Å². The van der Waals surface area contributed by atoms with Crippen LogP contribution in [-0.2, 0) is 4.79 Å². The van der Waals surface area contributed by atoms with Crippen LogP contribution in [0.2, 0.25) is 0 Å². The van der Waals surface area contributed by atoms with Crippen molar-refractivity contribution in [1.29, 1.82) is 0 Å². The van der Waals surface area contributed by atoms with Crippen LogP contribution in [0, 0.1) is 5.92 Å². The van der Waals surface area contributed by atoms with Gasteiger partial charge in [0.2, 0.25) is 5.91 Å². The minimum absolute atomic E-state index is 0. The molecule has 1 fully saturated rings. The molecule has 1 aromatic rings. The first-order valence-electron chi connectivity index (χ1n) is 13.6. The van der Waals surface area contributed by atoms with Crippen LogP contribution in [0.3, 0.4) is 0 Å². The molecule has 1 amide bonds. The average Bonchev–Trinajstić information content (AvgIpc) is 2.84.